The molecule has 1 saturated heterocycles. The van der Waals surface area contributed by atoms with Gasteiger partial charge in [0.2, 0.25) is 5.91 Å². The number of halogens is 2. The maximum absolute atomic E-state index is 12.3. The zero-order valence-corrected chi connectivity index (χ0v) is 14.3. The Labute approximate surface area is 153 Å². The fraction of sp³-hybridized carbons (Fsp3) is 0.176. The quantitative estimate of drug-likeness (QED) is 0.503. The molecule has 0 aliphatic carbocycles. The van der Waals surface area contributed by atoms with Crippen LogP contribution in [0.4, 0.5) is 5.69 Å². The largest absolute Gasteiger partial charge is 0.456 e. The van der Waals surface area contributed by atoms with Gasteiger partial charge in [-0.2, -0.15) is 0 Å². The number of Topliss-reactive ketones (excluding diaryl/α,β-unsaturated/α-hetero) is 1. The smallest absolute Gasteiger partial charge is 0.326 e. The van der Waals surface area contributed by atoms with Crippen LogP contribution in [-0.2, 0) is 19.1 Å². The van der Waals surface area contributed by atoms with Crippen LogP contribution in [0.5, 0.6) is 0 Å². The van der Waals surface area contributed by atoms with Crippen molar-refractivity contribution in [2.45, 2.75) is 12.5 Å². The Hall–Kier alpha value is -2.44. The van der Waals surface area contributed by atoms with Crippen molar-refractivity contribution >= 4 is 46.5 Å². The molecule has 1 aliphatic rings. The number of cyclic esters (lactones) is 1. The molecule has 6 nitrogen and oxygen atoms in total. The number of aromatic nitrogens is 1. The molecule has 1 amide bonds. The lowest BCUT2D eigenvalue weighted by Crippen LogP contribution is -2.42. The number of esters is 1. The average molecular weight is 379 g/mol. The first-order valence-corrected chi connectivity index (χ1v) is 8.12. The number of nitrogens with zero attached hydrogens (tertiary/aromatic N) is 1. The molecule has 1 aromatic heterocycles. The van der Waals surface area contributed by atoms with Gasteiger partial charge in [-0.15, -0.1) is 0 Å². The number of nitrogens with one attached hydrogen (secondary N) is 1. The van der Waals surface area contributed by atoms with E-state index in [0.717, 1.165) is 0 Å². The Kier molecular flexibility index (Phi) is 5.01. The van der Waals surface area contributed by atoms with E-state index in [2.05, 4.69) is 10.3 Å². The summed E-state index contributed by atoms with van der Waals surface area (Å²) in [6, 6.07) is 11.6. The van der Waals surface area contributed by atoms with Gasteiger partial charge in [0.15, 0.2) is 11.7 Å². The van der Waals surface area contributed by atoms with E-state index >= 15 is 0 Å². The van der Waals surface area contributed by atoms with Gasteiger partial charge >= 0.3 is 5.97 Å². The molecule has 8 heteroatoms. The van der Waals surface area contributed by atoms with E-state index in [4.69, 9.17) is 27.9 Å². The fourth-order valence-electron chi connectivity index (χ4n) is 2.54. The number of pyridine rings is 1. The minimum Gasteiger partial charge on any atom is -0.456 e. The molecule has 1 aliphatic heterocycles. The fourth-order valence-corrected chi connectivity index (χ4v) is 3.00. The highest BCUT2D eigenvalue weighted by molar-refractivity contribution is 6.33. The van der Waals surface area contributed by atoms with Crippen molar-refractivity contribution in [3.8, 4) is 0 Å². The topological polar surface area (TPSA) is 85.4 Å². The molecule has 0 spiro atoms. The van der Waals surface area contributed by atoms with E-state index in [1.807, 2.05) is 6.07 Å². The van der Waals surface area contributed by atoms with Crippen molar-refractivity contribution in [3.63, 3.8) is 0 Å². The normalized spacial score (nSPS) is 20.1. The van der Waals surface area contributed by atoms with E-state index in [1.54, 1.807) is 24.3 Å². The Balaban J connectivity index is 1.74. The third-order valence-electron chi connectivity index (χ3n) is 3.67. The van der Waals surface area contributed by atoms with Gasteiger partial charge in [-0.1, -0.05) is 53.5 Å². The summed E-state index contributed by atoms with van der Waals surface area (Å²) < 4.78 is 5.28. The van der Waals surface area contributed by atoms with Crippen LogP contribution in [0.2, 0.25) is 10.3 Å². The predicted molar refractivity (Wildman–Crippen MR) is 91.3 cm³/mol. The van der Waals surface area contributed by atoms with Gasteiger partial charge in [0.1, 0.15) is 16.4 Å². The van der Waals surface area contributed by atoms with E-state index in [9.17, 15) is 14.4 Å². The summed E-state index contributed by atoms with van der Waals surface area (Å²) in [5.74, 6) is -3.70. The summed E-state index contributed by atoms with van der Waals surface area (Å²) >= 11 is 11.5. The maximum Gasteiger partial charge on any atom is 0.326 e. The minimum absolute atomic E-state index is 0.0638. The van der Waals surface area contributed by atoms with Gasteiger partial charge in [-0.3, -0.25) is 14.4 Å². The Bertz CT molecular complexity index is 804. The highest BCUT2D eigenvalue weighted by atomic mass is 35.5. The van der Waals surface area contributed by atoms with Crippen LogP contribution in [0, 0.1) is 5.92 Å². The van der Waals surface area contributed by atoms with Crippen molar-refractivity contribution in [2.75, 3.05) is 5.32 Å². The Morgan fingerprint density at radius 3 is 2.36 bits per heavy atom. The standard InChI is InChI=1S/C17H12Cl2N2O4/c18-13-6-10(7-14(19)21-13)20-16(23)15-11(22)8-12(25-17(15)24)9-4-2-1-3-5-9/h1-7,12,15H,8H2,(H,20,21,23). The van der Waals surface area contributed by atoms with Crippen LogP contribution in [0.3, 0.4) is 0 Å². The number of rotatable bonds is 3. The summed E-state index contributed by atoms with van der Waals surface area (Å²) in [5.41, 5.74) is 0.941. The number of hydrogen-bond donors (Lipinski definition) is 1. The van der Waals surface area contributed by atoms with E-state index in [-0.39, 0.29) is 22.4 Å². The number of benzene rings is 1. The van der Waals surface area contributed by atoms with Gasteiger partial charge < -0.3 is 10.1 Å². The molecular formula is C17H12Cl2N2O4. The van der Waals surface area contributed by atoms with E-state index < -0.39 is 29.7 Å². The molecule has 2 heterocycles. The first-order chi connectivity index (χ1) is 11.9. The molecule has 1 fully saturated rings. The number of ketones is 1. The van der Waals surface area contributed by atoms with Crippen LogP contribution in [0.25, 0.3) is 0 Å². The number of carbonyl (C=O) groups excluding carboxylic acids is 3. The molecule has 2 atom stereocenters. The zero-order chi connectivity index (χ0) is 18.0. The molecule has 0 saturated carbocycles. The third kappa shape index (κ3) is 3.97. The van der Waals surface area contributed by atoms with Crippen LogP contribution < -0.4 is 5.32 Å². The first kappa shape index (κ1) is 17.4. The Morgan fingerprint density at radius 1 is 1.12 bits per heavy atom. The highest BCUT2D eigenvalue weighted by Gasteiger charge is 2.42. The second-order valence-corrected chi connectivity index (χ2v) is 6.20. The maximum atomic E-state index is 12.3. The van der Waals surface area contributed by atoms with Crippen LogP contribution >= 0.6 is 23.2 Å². The van der Waals surface area contributed by atoms with Crippen molar-refractivity contribution in [1.82, 2.24) is 4.98 Å². The van der Waals surface area contributed by atoms with Crippen LogP contribution in [0.15, 0.2) is 42.5 Å². The molecule has 0 radical (unpaired) electrons. The van der Waals surface area contributed by atoms with Crippen molar-refractivity contribution in [3.05, 3.63) is 58.3 Å². The van der Waals surface area contributed by atoms with Gasteiger partial charge in [0.05, 0.1) is 0 Å². The van der Waals surface area contributed by atoms with Gasteiger partial charge in [0.25, 0.3) is 0 Å². The van der Waals surface area contributed by atoms with Crippen molar-refractivity contribution in [2.24, 2.45) is 5.92 Å². The summed E-state index contributed by atoms with van der Waals surface area (Å²) in [4.78, 5) is 40.6. The van der Waals surface area contributed by atoms with Gasteiger partial charge in [0, 0.05) is 12.1 Å². The lowest BCUT2D eigenvalue weighted by molar-refractivity contribution is -0.166. The summed E-state index contributed by atoms with van der Waals surface area (Å²) in [7, 11) is 0. The van der Waals surface area contributed by atoms with Crippen molar-refractivity contribution < 1.29 is 19.1 Å². The molecule has 128 valence electrons. The SMILES string of the molecule is O=C1CC(c2ccccc2)OC(=O)C1C(=O)Nc1cc(Cl)nc(Cl)c1. The number of carbonyl (C=O) groups is 3. The molecule has 25 heavy (non-hydrogen) atoms. The summed E-state index contributed by atoms with van der Waals surface area (Å²) in [5, 5.41) is 2.59. The average Bonchev–Trinajstić information content (AvgIpc) is 2.54. The highest BCUT2D eigenvalue weighted by Crippen LogP contribution is 2.30. The molecule has 3 rings (SSSR count). The van der Waals surface area contributed by atoms with E-state index in [0.29, 0.717) is 5.56 Å². The zero-order valence-electron chi connectivity index (χ0n) is 12.7. The van der Waals surface area contributed by atoms with E-state index in [1.165, 1.54) is 12.1 Å². The molecule has 1 N–H and O–H groups in total. The number of ether oxygens (including phenoxy) is 1. The second kappa shape index (κ2) is 7.21. The minimum atomic E-state index is -1.52. The molecule has 0 bridgehead atoms. The third-order valence-corrected chi connectivity index (χ3v) is 4.05. The second-order valence-electron chi connectivity index (χ2n) is 5.43. The molecule has 1 aromatic carbocycles. The van der Waals surface area contributed by atoms with Crippen LogP contribution in [-0.4, -0.2) is 22.6 Å². The summed E-state index contributed by atoms with van der Waals surface area (Å²) in [6.45, 7) is 0. The molecular weight excluding hydrogens is 367 g/mol. The number of hydrogen-bond acceptors (Lipinski definition) is 5. The number of amides is 1. The molecule has 2 unspecified atom stereocenters. The predicted octanol–water partition coefficient (Wildman–Crippen LogP) is 3.20. The Morgan fingerprint density at radius 2 is 1.76 bits per heavy atom. The van der Waals surface area contributed by atoms with Crippen molar-refractivity contribution in [1.29, 1.82) is 0 Å². The number of anilines is 1. The van der Waals surface area contributed by atoms with Gasteiger partial charge in [-0.25, -0.2) is 4.98 Å². The summed E-state index contributed by atoms with van der Waals surface area (Å²) in [6.07, 6.45) is -0.749. The molecule has 2 aromatic rings. The van der Waals surface area contributed by atoms with Crippen LogP contribution in [0.1, 0.15) is 18.1 Å². The first-order valence-electron chi connectivity index (χ1n) is 7.36. The monoisotopic (exact) mass is 378 g/mol. The van der Waals surface area contributed by atoms with Gasteiger partial charge in [-0.05, 0) is 17.7 Å². The lowest BCUT2D eigenvalue weighted by atomic mass is 9.92. The lowest BCUT2D eigenvalue weighted by Gasteiger charge is -2.26.